The van der Waals surface area contributed by atoms with Crippen molar-refractivity contribution in [2.75, 3.05) is 19.6 Å². The summed E-state index contributed by atoms with van der Waals surface area (Å²) in [6.07, 6.45) is 3.53. The number of hydrogen-bond acceptors (Lipinski definition) is 3. The maximum absolute atomic E-state index is 12.8. The van der Waals surface area contributed by atoms with Gasteiger partial charge < -0.3 is 15.7 Å². The van der Waals surface area contributed by atoms with E-state index in [0.29, 0.717) is 19.0 Å². The molecule has 5 nitrogen and oxygen atoms in total. The Balaban J connectivity index is 2.87. The van der Waals surface area contributed by atoms with E-state index in [1.165, 1.54) is 4.90 Å². The van der Waals surface area contributed by atoms with E-state index in [1.807, 2.05) is 13.8 Å². The lowest BCUT2D eigenvalue weighted by atomic mass is 9.70. The predicted molar refractivity (Wildman–Crippen MR) is 78.2 cm³/mol. The van der Waals surface area contributed by atoms with Crippen LogP contribution < -0.4 is 5.73 Å². The summed E-state index contributed by atoms with van der Waals surface area (Å²) in [6, 6.07) is 0. The highest BCUT2D eigenvalue weighted by atomic mass is 16.4. The quantitative estimate of drug-likeness (QED) is 0.777. The first-order chi connectivity index (χ1) is 9.30. The number of nitrogens with two attached hydrogens (primary N) is 1. The van der Waals surface area contributed by atoms with Crippen LogP contribution in [-0.2, 0) is 9.59 Å². The first-order valence-corrected chi connectivity index (χ1v) is 7.52. The van der Waals surface area contributed by atoms with E-state index in [2.05, 4.69) is 6.92 Å². The topological polar surface area (TPSA) is 83.6 Å². The fourth-order valence-corrected chi connectivity index (χ4v) is 2.98. The molecule has 0 aliphatic heterocycles. The molecule has 0 heterocycles. The molecule has 0 atom stereocenters. The summed E-state index contributed by atoms with van der Waals surface area (Å²) in [7, 11) is 0. The number of aliphatic carboxylic acids is 1. The van der Waals surface area contributed by atoms with E-state index in [0.717, 1.165) is 25.7 Å². The van der Waals surface area contributed by atoms with Crippen molar-refractivity contribution in [3.05, 3.63) is 0 Å². The fraction of sp³-hybridized carbons (Fsp3) is 0.867. The first-order valence-electron chi connectivity index (χ1n) is 7.52. The van der Waals surface area contributed by atoms with Crippen LogP contribution in [-0.4, -0.2) is 41.5 Å². The number of nitrogens with zero attached hydrogens (tertiary/aromatic N) is 1. The van der Waals surface area contributed by atoms with Gasteiger partial charge in [0.25, 0.3) is 0 Å². The maximum atomic E-state index is 12.8. The molecule has 1 aliphatic rings. The second-order valence-corrected chi connectivity index (χ2v) is 6.64. The summed E-state index contributed by atoms with van der Waals surface area (Å²) >= 11 is 0. The van der Waals surface area contributed by atoms with E-state index in [9.17, 15) is 9.59 Å². The molecular formula is C15H28N2O3. The molecule has 0 saturated heterocycles. The third-order valence-electron chi connectivity index (χ3n) is 4.27. The van der Waals surface area contributed by atoms with Crippen LogP contribution in [0.25, 0.3) is 0 Å². The maximum Gasteiger partial charge on any atom is 0.323 e. The lowest BCUT2D eigenvalue weighted by molar-refractivity contribution is -0.151. The Morgan fingerprint density at radius 2 is 1.90 bits per heavy atom. The number of hydrogen-bond donors (Lipinski definition) is 2. The Hall–Kier alpha value is -1.10. The standard InChI is InChI=1S/C15H28N2O3/c1-11(2)8-17(9-13(18)19)14(20)15(10-16)6-4-12(3)5-7-15/h11-12H,4-10,16H2,1-3H3,(H,18,19). The smallest absolute Gasteiger partial charge is 0.323 e. The lowest BCUT2D eigenvalue weighted by Gasteiger charge is -2.40. The van der Waals surface area contributed by atoms with Gasteiger partial charge in [-0.3, -0.25) is 9.59 Å². The van der Waals surface area contributed by atoms with Gasteiger partial charge >= 0.3 is 5.97 Å². The van der Waals surface area contributed by atoms with E-state index in [1.54, 1.807) is 0 Å². The predicted octanol–water partition coefficient (Wildman–Crippen LogP) is 1.71. The van der Waals surface area contributed by atoms with Crippen LogP contribution in [0.5, 0.6) is 0 Å². The molecule has 1 saturated carbocycles. The molecule has 0 aromatic heterocycles. The Bertz CT molecular complexity index is 347. The summed E-state index contributed by atoms with van der Waals surface area (Å²) in [5.41, 5.74) is 5.34. The van der Waals surface area contributed by atoms with E-state index in [-0.39, 0.29) is 18.4 Å². The fourth-order valence-electron chi connectivity index (χ4n) is 2.98. The highest BCUT2D eigenvalue weighted by Crippen LogP contribution is 2.39. The Labute approximate surface area is 121 Å². The van der Waals surface area contributed by atoms with Crippen LogP contribution in [0, 0.1) is 17.3 Å². The van der Waals surface area contributed by atoms with Crippen molar-refractivity contribution < 1.29 is 14.7 Å². The molecule has 1 amide bonds. The second kappa shape index (κ2) is 7.07. The summed E-state index contributed by atoms with van der Waals surface area (Å²) in [5.74, 6) is -0.158. The van der Waals surface area contributed by atoms with Gasteiger partial charge in [0.15, 0.2) is 0 Å². The first kappa shape index (κ1) is 17.0. The van der Waals surface area contributed by atoms with E-state index < -0.39 is 11.4 Å². The molecule has 116 valence electrons. The van der Waals surface area contributed by atoms with Crippen LogP contribution in [0.15, 0.2) is 0 Å². The summed E-state index contributed by atoms with van der Waals surface area (Å²) in [5, 5.41) is 9.02. The number of rotatable bonds is 6. The normalized spacial score (nSPS) is 26.6. The molecule has 20 heavy (non-hydrogen) atoms. The van der Waals surface area contributed by atoms with Crippen molar-refractivity contribution in [3.8, 4) is 0 Å². The molecule has 1 rings (SSSR count). The minimum absolute atomic E-state index is 0.0667. The van der Waals surface area contributed by atoms with Gasteiger partial charge in [-0.2, -0.15) is 0 Å². The van der Waals surface area contributed by atoms with Crippen LogP contribution in [0.2, 0.25) is 0 Å². The third-order valence-corrected chi connectivity index (χ3v) is 4.27. The van der Waals surface area contributed by atoms with E-state index >= 15 is 0 Å². The molecule has 0 aromatic rings. The third kappa shape index (κ3) is 4.20. The Kier molecular flexibility index (Phi) is 5.99. The summed E-state index contributed by atoms with van der Waals surface area (Å²) in [4.78, 5) is 25.3. The summed E-state index contributed by atoms with van der Waals surface area (Å²) in [6.45, 7) is 6.72. The number of amides is 1. The molecule has 0 radical (unpaired) electrons. The SMILES string of the molecule is CC(C)CN(CC(=O)O)C(=O)C1(CN)CCC(C)CC1. The lowest BCUT2D eigenvalue weighted by Crippen LogP contribution is -2.52. The molecule has 5 heteroatoms. The zero-order valence-corrected chi connectivity index (χ0v) is 12.9. The van der Waals surface area contributed by atoms with Gasteiger partial charge in [0.1, 0.15) is 6.54 Å². The van der Waals surface area contributed by atoms with Gasteiger partial charge in [-0.1, -0.05) is 20.8 Å². The Morgan fingerprint density at radius 1 is 1.35 bits per heavy atom. The zero-order valence-electron chi connectivity index (χ0n) is 12.9. The van der Waals surface area contributed by atoms with Crippen molar-refractivity contribution in [2.45, 2.75) is 46.5 Å². The van der Waals surface area contributed by atoms with E-state index in [4.69, 9.17) is 10.8 Å². The van der Waals surface area contributed by atoms with Crippen molar-refractivity contribution in [2.24, 2.45) is 23.0 Å². The van der Waals surface area contributed by atoms with Crippen LogP contribution >= 0.6 is 0 Å². The largest absolute Gasteiger partial charge is 0.480 e. The van der Waals surface area contributed by atoms with Crippen LogP contribution in [0.1, 0.15) is 46.5 Å². The molecule has 0 aromatic carbocycles. The van der Waals surface area contributed by atoms with Gasteiger partial charge in [0, 0.05) is 13.1 Å². The van der Waals surface area contributed by atoms with Gasteiger partial charge in [0.2, 0.25) is 5.91 Å². The van der Waals surface area contributed by atoms with Crippen LogP contribution in [0.3, 0.4) is 0 Å². The molecule has 3 N–H and O–H groups in total. The van der Waals surface area contributed by atoms with Gasteiger partial charge in [0.05, 0.1) is 5.41 Å². The van der Waals surface area contributed by atoms with Gasteiger partial charge in [-0.25, -0.2) is 0 Å². The molecular weight excluding hydrogens is 256 g/mol. The average molecular weight is 284 g/mol. The van der Waals surface area contributed by atoms with Gasteiger partial charge in [-0.15, -0.1) is 0 Å². The molecule has 0 spiro atoms. The minimum atomic E-state index is -0.963. The van der Waals surface area contributed by atoms with Crippen molar-refractivity contribution in [3.63, 3.8) is 0 Å². The monoisotopic (exact) mass is 284 g/mol. The molecule has 1 aliphatic carbocycles. The zero-order chi connectivity index (χ0) is 15.3. The molecule has 1 fully saturated rings. The Morgan fingerprint density at radius 3 is 2.30 bits per heavy atom. The summed E-state index contributed by atoms with van der Waals surface area (Å²) < 4.78 is 0. The number of carbonyl (C=O) groups is 2. The molecule has 0 unspecified atom stereocenters. The highest BCUT2D eigenvalue weighted by Gasteiger charge is 2.42. The van der Waals surface area contributed by atoms with Crippen molar-refractivity contribution in [1.29, 1.82) is 0 Å². The number of carbonyl (C=O) groups excluding carboxylic acids is 1. The van der Waals surface area contributed by atoms with Crippen molar-refractivity contribution in [1.82, 2.24) is 4.90 Å². The second-order valence-electron chi connectivity index (χ2n) is 6.64. The number of carboxylic acid groups (broad SMARTS) is 1. The van der Waals surface area contributed by atoms with Crippen molar-refractivity contribution >= 4 is 11.9 Å². The average Bonchev–Trinajstić information content (AvgIpc) is 2.37. The minimum Gasteiger partial charge on any atom is -0.480 e. The highest BCUT2D eigenvalue weighted by molar-refractivity contribution is 5.86. The van der Waals surface area contributed by atoms with Gasteiger partial charge in [-0.05, 0) is 37.5 Å². The molecule has 0 bridgehead atoms. The van der Waals surface area contributed by atoms with Crippen LogP contribution in [0.4, 0.5) is 0 Å². The number of carboxylic acids is 1.